The molecule has 1 aliphatic heterocycles. The third-order valence-corrected chi connectivity index (χ3v) is 3.82. The van der Waals surface area contributed by atoms with Crippen molar-refractivity contribution in [3.05, 3.63) is 34.4 Å². The summed E-state index contributed by atoms with van der Waals surface area (Å²) in [5, 5.41) is 0. The van der Waals surface area contributed by atoms with Gasteiger partial charge in [-0.2, -0.15) is 0 Å². The van der Waals surface area contributed by atoms with Gasteiger partial charge in [-0.15, -0.1) is 0 Å². The van der Waals surface area contributed by atoms with Crippen molar-refractivity contribution in [2.24, 2.45) is 5.73 Å². The Balaban J connectivity index is 2.58. The molecule has 0 saturated heterocycles. The van der Waals surface area contributed by atoms with E-state index in [1.165, 1.54) is 22.3 Å². The number of ether oxygens (including phenoxy) is 1. The molecular weight excluding hydrogens is 222 g/mol. The molecular formula is C16H25NO. The predicted molar refractivity (Wildman–Crippen MR) is 76.1 cm³/mol. The second kappa shape index (κ2) is 5.41. The minimum Gasteiger partial charge on any atom is -0.379 e. The molecule has 1 heterocycles. The van der Waals surface area contributed by atoms with E-state index in [9.17, 15) is 0 Å². The summed E-state index contributed by atoms with van der Waals surface area (Å²) < 4.78 is 5.60. The molecule has 0 bridgehead atoms. The molecule has 1 unspecified atom stereocenters. The Morgan fingerprint density at radius 2 is 1.89 bits per heavy atom. The van der Waals surface area contributed by atoms with Gasteiger partial charge in [0.25, 0.3) is 0 Å². The van der Waals surface area contributed by atoms with E-state index in [-0.39, 0.29) is 6.04 Å². The van der Waals surface area contributed by atoms with Crippen LogP contribution in [0.15, 0.2) is 12.1 Å². The summed E-state index contributed by atoms with van der Waals surface area (Å²) >= 11 is 0. The van der Waals surface area contributed by atoms with E-state index in [0.717, 1.165) is 13.0 Å². The summed E-state index contributed by atoms with van der Waals surface area (Å²) in [5.41, 5.74) is 11.9. The van der Waals surface area contributed by atoms with Gasteiger partial charge in [0.2, 0.25) is 0 Å². The van der Waals surface area contributed by atoms with E-state index < -0.39 is 0 Å². The Morgan fingerprint density at radius 1 is 1.17 bits per heavy atom. The molecule has 1 aromatic carbocycles. The Morgan fingerprint density at radius 3 is 2.50 bits per heavy atom. The molecule has 0 fully saturated rings. The molecule has 2 rings (SSSR count). The van der Waals surface area contributed by atoms with Crippen LogP contribution in [0.2, 0.25) is 0 Å². The first kappa shape index (κ1) is 13.6. The van der Waals surface area contributed by atoms with Crippen molar-refractivity contribution < 1.29 is 4.74 Å². The predicted octanol–water partition coefficient (Wildman–Crippen LogP) is 3.51. The van der Waals surface area contributed by atoms with Gasteiger partial charge in [-0.05, 0) is 40.5 Å². The van der Waals surface area contributed by atoms with Crippen LogP contribution in [0.25, 0.3) is 0 Å². The average Bonchev–Trinajstić information content (AvgIpc) is 2.50. The highest BCUT2D eigenvalue weighted by Gasteiger charge is 2.21. The zero-order valence-electron chi connectivity index (χ0n) is 12.0. The van der Waals surface area contributed by atoms with Gasteiger partial charge >= 0.3 is 0 Å². The van der Waals surface area contributed by atoms with Crippen molar-refractivity contribution in [2.75, 3.05) is 13.2 Å². The normalized spacial score (nSPS) is 20.1. The van der Waals surface area contributed by atoms with Gasteiger partial charge in [0.15, 0.2) is 0 Å². The number of hydrogen-bond donors (Lipinski definition) is 1. The van der Waals surface area contributed by atoms with E-state index in [0.29, 0.717) is 18.4 Å². The Bertz CT molecular complexity index is 423. The number of hydrogen-bond acceptors (Lipinski definition) is 2. The van der Waals surface area contributed by atoms with Gasteiger partial charge in [0.1, 0.15) is 0 Å². The van der Waals surface area contributed by atoms with Crippen LogP contribution in [0, 0.1) is 0 Å². The maximum absolute atomic E-state index is 6.26. The van der Waals surface area contributed by atoms with Crippen molar-refractivity contribution in [3.63, 3.8) is 0 Å². The first-order valence-electron chi connectivity index (χ1n) is 7.00. The number of nitrogens with two attached hydrogens (primary N) is 1. The summed E-state index contributed by atoms with van der Waals surface area (Å²) in [5.74, 6) is 1.09. The lowest BCUT2D eigenvalue weighted by Gasteiger charge is -2.21. The van der Waals surface area contributed by atoms with E-state index in [2.05, 4.69) is 39.8 Å². The van der Waals surface area contributed by atoms with Crippen molar-refractivity contribution >= 4 is 0 Å². The molecule has 0 saturated carbocycles. The third kappa shape index (κ3) is 2.60. The van der Waals surface area contributed by atoms with E-state index in [1.807, 2.05) is 0 Å². The molecule has 100 valence electrons. The molecule has 0 amide bonds. The first-order valence-corrected chi connectivity index (χ1v) is 7.00. The van der Waals surface area contributed by atoms with Crippen LogP contribution in [-0.4, -0.2) is 13.2 Å². The highest BCUT2D eigenvalue weighted by atomic mass is 16.5. The summed E-state index contributed by atoms with van der Waals surface area (Å²) in [6.07, 6.45) is 0.995. The minimum absolute atomic E-state index is 0.0266. The van der Waals surface area contributed by atoms with E-state index in [1.54, 1.807) is 0 Å². The molecule has 1 aliphatic rings. The maximum Gasteiger partial charge on any atom is 0.0659 e. The second-order valence-corrected chi connectivity index (χ2v) is 5.92. The molecule has 18 heavy (non-hydrogen) atoms. The van der Waals surface area contributed by atoms with Crippen LogP contribution in [0.5, 0.6) is 0 Å². The van der Waals surface area contributed by atoms with Gasteiger partial charge in [-0.25, -0.2) is 0 Å². The highest BCUT2D eigenvalue weighted by Crippen LogP contribution is 2.32. The third-order valence-electron chi connectivity index (χ3n) is 3.82. The minimum atomic E-state index is 0.0266. The Hall–Kier alpha value is -0.860. The van der Waals surface area contributed by atoms with Crippen molar-refractivity contribution in [2.45, 2.75) is 52.0 Å². The zero-order valence-corrected chi connectivity index (χ0v) is 12.0. The highest BCUT2D eigenvalue weighted by molar-refractivity contribution is 5.44. The van der Waals surface area contributed by atoms with Crippen LogP contribution < -0.4 is 5.73 Å². The molecule has 1 aromatic rings. The molecule has 2 nitrogen and oxygen atoms in total. The van der Waals surface area contributed by atoms with Gasteiger partial charge in [0.05, 0.1) is 19.3 Å². The van der Waals surface area contributed by atoms with Gasteiger partial charge in [-0.3, -0.25) is 0 Å². The summed E-state index contributed by atoms with van der Waals surface area (Å²) in [4.78, 5) is 0. The lowest BCUT2D eigenvalue weighted by Crippen LogP contribution is -2.17. The van der Waals surface area contributed by atoms with Crippen LogP contribution in [0.4, 0.5) is 0 Å². The molecule has 0 spiro atoms. The van der Waals surface area contributed by atoms with Crippen molar-refractivity contribution in [3.8, 4) is 0 Å². The number of benzene rings is 1. The molecule has 2 N–H and O–H groups in total. The SMILES string of the molecule is CC(C)c1cc(C(C)C)c2c(c1)C(N)COCC2. The summed E-state index contributed by atoms with van der Waals surface area (Å²) in [6, 6.07) is 4.69. The Kier molecular flexibility index (Phi) is 4.08. The quantitative estimate of drug-likeness (QED) is 0.868. The molecule has 1 atom stereocenters. The lowest BCUT2D eigenvalue weighted by atomic mass is 9.85. The summed E-state index contributed by atoms with van der Waals surface area (Å²) in [6.45, 7) is 10.4. The Labute approximate surface area is 111 Å². The number of rotatable bonds is 2. The lowest BCUT2D eigenvalue weighted by molar-refractivity contribution is 0.131. The number of fused-ring (bicyclic) bond motifs is 1. The topological polar surface area (TPSA) is 35.2 Å². The smallest absolute Gasteiger partial charge is 0.0659 e. The van der Waals surface area contributed by atoms with Crippen LogP contribution in [-0.2, 0) is 11.2 Å². The van der Waals surface area contributed by atoms with Gasteiger partial charge < -0.3 is 10.5 Å². The summed E-state index contributed by atoms with van der Waals surface area (Å²) in [7, 11) is 0. The monoisotopic (exact) mass is 247 g/mol. The average molecular weight is 247 g/mol. The molecule has 0 radical (unpaired) electrons. The first-order chi connectivity index (χ1) is 8.50. The fourth-order valence-electron chi connectivity index (χ4n) is 2.68. The van der Waals surface area contributed by atoms with E-state index >= 15 is 0 Å². The van der Waals surface area contributed by atoms with Gasteiger partial charge in [0, 0.05) is 0 Å². The van der Waals surface area contributed by atoms with Crippen LogP contribution >= 0.6 is 0 Å². The fourth-order valence-corrected chi connectivity index (χ4v) is 2.68. The maximum atomic E-state index is 6.26. The van der Waals surface area contributed by atoms with Crippen LogP contribution in [0.3, 0.4) is 0 Å². The van der Waals surface area contributed by atoms with E-state index in [4.69, 9.17) is 10.5 Å². The second-order valence-electron chi connectivity index (χ2n) is 5.92. The van der Waals surface area contributed by atoms with Gasteiger partial charge in [-0.1, -0.05) is 39.8 Å². The molecule has 0 aliphatic carbocycles. The van der Waals surface area contributed by atoms with Crippen molar-refractivity contribution in [1.82, 2.24) is 0 Å². The largest absolute Gasteiger partial charge is 0.379 e. The van der Waals surface area contributed by atoms with Crippen LogP contribution in [0.1, 0.15) is 67.8 Å². The van der Waals surface area contributed by atoms with Crippen molar-refractivity contribution in [1.29, 1.82) is 0 Å². The zero-order chi connectivity index (χ0) is 13.3. The molecule has 0 aromatic heterocycles. The standard InChI is InChI=1S/C16H25NO/c1-10(2)12-7-14(11(3)4)13-5-6-18-9-16(17)15(13)8-12/h7-8,10-11,16H,5-6,9,17H2,1-4H3. The molecule has 2 heteroatoms. The fraction of sp³-hybridized carbons (Fsp3) is 0.625.